The second-order valence-electron chi connectivity index (χ2n) is 1.28. The number of nitrogens with zero attached hydrogens (tertiary/aromatic N) is 1. The molecule has 0 aliphatic rings. The van der Waals surface area contributed by atoms with Gasteiger partial charge in [0.15, 0.2) is 0 Å². The Labute approximate surface area is 63.6 Å². The average molecular weight is 207 g/mol. The van der Waals surface area contributed by atoms with Crippen molar-refractivity contribution in [1.82, 2.24) is 0 Å². The monoisotopic (exact) mass is 206 g/mol. The lowest BCUT2D eigenvalue weighted by atomic mass is 10.6. The standard InChI is InChI=1S/C4HBrNO2S/c5-4-3(6(7)8)1-2-9-4/h1H/q-1. The molecule has 0 spiro atoms. The van der Waals surface area contributed by atoms with Crippen molar-refractivity contribution in [2.24, 2.45) is 0 Å². The van der Waals surface area contributed by atoms with E-state index in [4.69, 9.17) is 0 Å². The summed E-state index contributed by atoms with van der Waals surface area (Å²) in [4.78, 5) is 9.60. The lowest BCUT2D eigenvalue weighted by Crippen LogP contribution is -1.83. The first kappa shape index (κ1) is 6.70. The molecule has 0 bridgehead atoms. The van der Waals surface area contributed by atoms with Gasteiger partial charge >= 0.3 is 0 Å². The molecule has 0 saturated carbocycles. The van der Waals surface area contributed by atoms with Crippen LogP contribution in [0.25, 0.3) is 0 Å². The summed E-state index contributed by atoms with van der Waals surface area (Å²) < 4.78 is 0.521. The van der Waals surface area contributed by atoms with Crippen LogP contribution >= 0.6 is 27.3 Å². The highest BCUT2D eigenvalue weighted by atomic mass is 79.9. The van der Waals surface area contributed by atoms with Crippen LogP contribution in [0.4, 0.5) is 5.69 Å². The summed E-state index contributed by atoms with van der Waals surface area (Å²) in [6, 6.07) is 1.34. The molecule has 0 aromatic carbocycles. The van der Waals surface area contributed by atoms with Crippen LogP contribution in [0.2, 0.25) is 0 Å². The molecule has 9 heavy (non-hydrogen) atoms. The molecule has 1 rings (SSSR count). The van der Waals surface area contributed by atoms with Gasteiger partial charge < -0.3 is 0 Å². The maximum atomic E-state index is 10.0. The van der Waals surface area contributed by atoms with E-state index in [0.717, 1.165) is 0 Å². The molecule has 3 nitrogen and oxygen atoms in total. The highest BCUT2D eigenvalue weighted by Crippen LogP contribution is 2.29. The molecule has 0 aliphatic heterocycles. The maximum absolute atomic E-state index is 10.0. The normalized spacial score (nSPS) is 9.44. The maximum Gasteiger partial charge on any atom is 0.147 e. The fourth-order valence-corrected chi connectivity index (χ4v) is 1.42. The van der Waals surface area contributed by atoms with Crippen molar-refractivity contribution in [3.63, 3.8) is 0 Å². The Bertz CT molecular complexity index is 234. The molecular weight excluding hydrogens is 206 g/mol. The molecule has 0 saturated heterocycles. The minimum Gasteiger partial charge on any atom is -0.282 e. The van der Waals surface area contributed by atoms with E-state index in [9.17, 15) is 10.1 Å². The summed E-state index contributed by atoms with van der Waals surface area (Å²) >= 11 is 4.20. The molecule has 0 fully saturated rings. The van der Waals surface area contributed by atoms with E-state index in [1.54, 1.807) is 0 Å². The van der Waals surface area contributed by atoms with Crippen molar-refractivity contribution < 1.29 is 4.92 Å². The fraction of sp³-hybridized carbons (Fsp3) is 0. The SMILES string of the molecule is O=[N+]([O-])c1c[c-]sc1Br. The Kier molecular flexibility index (Phi) is 1.82. The number of halogens is 1. The predicted molar refractivity (Wildman–Crippen MR) is 37.5 cm³/mol. The second-order valence-corrected chi connectivity index (χ2v) is 3.45. The number of nitro groups is 1. The van der Waals surface area contributed by atoms with Crippen LogP contribution < -0.4 is 0 Å². The van der Waals surface area contributed by atoms with E-state index < -0.39 is 4.92 Å². The first-order chi connectivity index (χ1) is 4.22. The smallest absolute Gasteiger partial charge is 0.147 e. The third-order valence-electron chi connectivity index (χ3n) is 0.742. The minimum absolute atomic E-state index is 0.0833. The average Bonchev–Trinajstić information content (AvgIpc) is 2.13. The first-order valence-electron chi connectivity index (χ1n) is 2.01. The fourth-order valence-electron chi connectivity index (χ4n) is 0.371. The van der Waals surface area contributed by atoms with Gasteiger partial charge in [0.2, 0.25) is 0 Å². The van der Waals surface area contributed by atoms with E-state index >= 15 is 0 Å². The van der Waals surface area contributed by atoms with Gasteiger partial charge in [-0.3, -0.25) is 21.5 Å². The zero-order valence-electron chi connectivity index (χ0n) is 4.13. The predicted octanol–water partition coefficient (Wildman–Crippen LogP) is 2.22. The number of hydrogen-bond donors (Lipinski definition) is 0. The number of rotatable bonds is 1. The van der Waals surface area contributed by atoms with Gasteiger partial charge in [0.25, 0.3) is 0 Å². The van der Waals surface area contributed by atoms with Gasteiger partial charge in [-0.05, 0) is 8.71 Å². The Hall–Kier alpha value is -0.420. The molecule has 0 radical (unpaired) electrons. The highest BCUT2D eigenvalue weighted by molar-refractivity contribution is 9.11. The van der Waals surface area contributed by atoms with Crippen molar-refractivity contribution in [1.29, 1.82) is 0 Å². The van der Waals surface area contributed by atoms with Crippen molar-refractivity contribution >= 4 is 33.0 Å². The van der Waals surface area contributed by atoms with Crippen LogP contribution in [-0.2, 0) is 0 Å². The van der Waals surface area contributed by atoms with Crippen molar-refractivity contribution in [2.45, 2.75) is 0 Å². The van der Waals surface area contributed by atoms with Gasteiger partial charge in [0.05, 0.1) is 0 Å². The van der Waals surface area contributed by atoms with Crippen molar-refractivity contribution in [3.8, 4) is 0 Å². The molecule has 48 valence electrons. The van der Waals surface area contributed by atoms with Gasteiger partial charge in [-0.15, -0.1) is 27.4 Å². The lowest BCUT2D eigenvalue weighted by molar-refractivity contribution is -0.385. The largest absolute Gasteiger partial charge is 0.282 e. The van der Waals surface area contributed by atoms with Crippen LogP contribution in [-0.4, -0.2) is 4.92 Å². The van der Waals surface area contributed by atoms with Gasteiger partial charge in [-0.25, -0.2) is 0 Å². The Balaban J connectivity index is 3.08. The minimum atomic E-state index is -0.447. The van der Waals surface area contributed by atoms with E-state index in [1.165, 1.54) is 17.4 Å². The summed E-state index contributed by atoms with van der Waals surface area (Å²) in [5.74, 6) is 0. The van der Waals surface area contributed by atoms with Gasteiger partial charge in [-0.1, -0.05) is 0 Å². The van der Waals surface area contributed by atoms with E-state index in [-0.39, 0.29) is 5.69 Å². The lowest BCUT2D eigenvalue weighted by Gasteiger charge is -1.92. The molecule has 5 heteroatoms. The summed E-state index contributed by atoms with van der Waals surface area (Å²) in [7, 11) is 0. The summed E-state index contributed by atoms with van der Waals surface area (Å²) in [6.07, 6.45) is 0. The molecule has 0 amide bonds. The van der Waals surface area contributed by atoms with Gasteiger partial charge in [0.1, 0.15) is 5.69 Å². The first-order valence-corrected chi connectivity index (χ1v) is 3.62. The van der Waals surface area contributed by atoms with E-state index in [2.05, 4.69) is 21.3 Å². The third-order valence-corrected chi connectivity index (χ3v) is 2.26. The Morgan fingerprint density at radius 2 is 2.56 bits per heavy atom. The number of hydrogen-bond acceptors (Lipinski definition) is 3. The van der Waals surface area contributed by atoms with Crippen LogP contribution in [0.1, 0.15) is 0 Å². The summed E-state index contributed by atoms with van der Waals surface area (Å²) in [5.41, 5.74) is 0.0833. The summed E-state index contributed by atoms with van der Waals surface area (Å²) in [5, 5.41) is 12.7. The highest BCUT2D eigenvalue weighted by Gasteiger charge is 1.98. The molecular formula is C4HBrNO2S-. The second kappa shape index (κ2) is 2.45. The molecule has 0 N–H and O–H groups in total. The van der Waals surface area contributed by atoms with E-state index in [1.807, 2.05) is 0 Å². The van der Waals surface area contributed by atoms with E-state index in [0.29, 0.717) is 3.79 Å². The molecule has 1 aromatic heterocycles. The molecule has 1 heterocycles. The Morgan fingerprint density at radius 1 is 1.89 bits per heavy atom. The molecule has 0 unspecified atom stereocenters. The van der Waals surface area contributed by atoms with Gasteiger partial charge in [0, 0.05) is 0 Å². The van der Waals surface area contributed by atoms with Crippen LogP contribution in [0.5, 0.6) is 0 Å². The zero-order chi connectivity index (χ0) is 6.85. The zero-order valence-corrected chi connectivity index (χ0v) is 6.53. The molecule has 0 aliphatic carbocycles. The topological polar surface area (TPSA) is 43.1 Å². The summed E-state index contributed by atoms with van der Waals surface area (Å²) in [6.45, 7) is 0. The van der Waals surface area contributed by atoms with Crippen LogP contribution in [0.15, 0.2) is 9.85 Å². The quantitative estimate of drug-likeness (QED) is 0.402. The Morgan fingerprint density at radius 3 is 2.78 bits per heavy atom. The van der Waals surface area contributed by atoms with Crippen molar-refractivity contribution in [2.75, 3.05) is 0 Å². The third kappa shape index (κ3) is 1.28. The molecule has 0 atom stereocenters. The van der Waals surface area contributed by atoms with Crippen molar-refractivity contribution in [3.05, 3.63) is 25.3 Å². The van der Waals surface area contributed by atoms with Gasteiger partial charge in [-0.2, -0.15) is 0 Å². The van der Waals surface area contributed by atoms with Crippen LogP contribution in [0, 0.1) is 15.5 Å². The molecule has 1 aromatic rings. The number of thiophene rings is 1. The van der Waals surface area contributed by atoms with Crippen LogP contribution in [0.3, 0.4) is 0 Å².